The van der Waals surface area contributed by atoms with Crippen molar-refractivity contribution < 1.29 is 9.90 Å². The maximum Gasteiger partial charge on any atom is 0.255 e. The fraction of sp³-hybridized carbons (Fsp3) is 0.462. The van der Waals surface area contributed by atoms with Crippen LogP contribution >= 0.6 is 15.9 Å². The van der Waals surface area contributed by atoms with Crippen LogP contribution in [0.2, 0.25) is 0 Å². The quantitative estimate of drug-likeness (QED) is 0.797. The summed E-state index contributed by atoms with van der Waals surface area (Å²) in [5, 5.41) is 15.9. The smallest absolute Gasteiger partial charge is 0.255 e. The molecule has 1 aromatic rings. The maximum absolute atomic E-state index is 11.8. The van der Waals surface area contributed by atoms with Gasteiger partial charge in [-0.15, -0.1) is 0 Å². The molecule has 0 spiro atoms. The number of amides is 1. The van der Waals surface area contributed by atoms with Gasteiger partial charge in [0.25, 0.3) is 5.91 Å². The first-order valence-electron chi connectivity index (χ1n) is 6.17. The Balaban J connectivity index is 1.83. The molecule has 98 valence electrons. The van der Waals surface area contributed by atoms with E-state index in [2.05, 4.69) is 26.6 Å². The van der Waals surface area contributed by atoms with Crippen LogP contribution in [0.15, 0.2) is 22.7 Å². The monoisotopic (exact) mass is 312 g/mol. The molecule has 0 aliphatic carbocycles. The van der Waals surface area contributed by atoms with Crippen molar-refractivity contribution in [1.29, 1.82) is 0 Å². The first kappa shape index (κ1) is 13.4. The number of benzene rings is 1. The van der Waals surface area contributed by atoms with Gasteiger partial charge in [-0.05, 0) is 44.0 Å². The van der Waals surface area contributed by atoms with Gasteiger partial charge in [0.2, 0.25) is 0 Å². The molecule has 0 saturated carbocycles. The molecule has 2 rings (SSSR count). The molecule has 1 atom stereocenters. The lowest BCUT2D eigenvalue weighted by atomic mass is 10.1. The van der Waals surface area contributed by atoms with Gasteiger partial charge in [0.15, 0.2) is 0 Å². The summed E-state index contributed by atoms with van der Waals surface area (Å²) in [6.45, 7) is 1.71. The van der Waals surface area contributed by atoms with Gasteiger partial charge >= 0.3 is 0 Å². The van der Waals surface area contributed by atoms with Gasteiger partial charge in [0, 0.05) is 17.1 Å². The molecule has 5 heteroatoms. The van der Waals surface area contributed by atoms with Crippen molar-refractivity contribution in [3.05, 3.63) is 28.2 Å². The van der Waals surface area contributed by atoms with Crippen LogP contribution in [-0.2, 0) is 0 Å². The summed E-state index contributed by atoms with van der Waals surface area (Å²) in [7, 11) is 0. The molecule has 1 unspecified atom stereocenters. The van der Waals surface area contributed by atoms with Gasteiger partial charge in [0.05, 0.1) is 5.56 Å². The number of hydrogen-bond acceptors (Lipinski definition) is 3. The van der Waals surface area contributed by atoms with E-state index in [0.717, 1.165) is 17.4 Å². The Morgan fingerprint density at radius 3 is 3.06 bits per heavy atom. The Labute approximate surface area is 115 Å². The molecular formula is C13H17BrN2O2. The summed E-state index contributed by atoms with van der Waals surface area (Å²) in [5.41, 5.74) is 0.317. The lowest BCUT2D eigenvalue weighted by Crippen LogP contribution is -2.30. The minimum atomic E-state index is -0.224. The van der Waals surface area contributed by atoms with Crippen LogP contribution < -0.4 is 10.6 Å². The molecule has 1 saturated heterocycles. The van der Waals surface area contributed by atoms with Crippen LogP contribution in [0.4, 0.5) is 0 Å². The number of aromatic hydroxyl groups is 1. The Morgan fingerprint density at radius 2 is 2.39 bits per heavy atom. The van der Waals surface area contributed by atoms with Crippen molar-refractivity contribution in [1.82, 2.24) is 10.6 Å². The molecule has 18 heavy (non-hydrogen) atoms. The largest absolute Gasteiger partial charge is 0.507 e. The summed E-state index contributed by atoms with van der Waals surface area (Å²) < 4.78 is 0.756. The number of carbonyl (C=O) groups is 1. The summed E-state index contributed by atoms with van der Waals surface area (Å²) in [6, 6.07) is 5.40. The molecule has 0 bridgehead atoms. The van der Waals surface area contributed by atoms with E-state index in [4.69, 9.17) is 0 Å². The number of halogens is 1. The standard InChI is InChI=1S/C13H17BrN2O2/c14-9-3-4-11(12(17)8-9)13(18)16-7-5-10-2-1-6-15-10/h3-4,8,10,15,17H,1-2,5-7H2,(H,16,18). The Hall–Kier alpha value is -1.07. The second-order valence-electron chi connectivity index (χ2n) is 4.50. The van der Waals surface area contributed by atoms with Crippen molar-refractivity contribution >= 4 is 21.8 Å². The number of nitrogens with one attached hydrogen (secondary N) is 2. The van der Waals surface area contributed by atoms with Gasteiger partial charge in [-0.1, -0.05) is 15.9 Å². The fourth-order valence-corrected chi connectivity index (χ4v) is 2.50. The first-order chi connectivity index (χ1) is 8.66. The second-order valence-corrected chi connectivity index (χ2v) is 5.41. The fourth-order valence-electron chi connectivity index (χ4n) is 2.16. The normalized spacial score (nSPS) is 18.8. The number of phenols is 1. The molecule has 0 aromatic heterocycles. The summed E-state index contributed by atoms with van der Waals surface area (Å²) in [5.74, 6) is -0.223. The average Bonchev–Trinajstić information content (AvgIpc) is 2.81. The Kier molecular flexibility index (Phi) is 4.60. The van der Waals surface area contributed by atoms with E-state index < -0.39 is 0 Å². The summed E-state index contributed by atoms with van der Waals surface area (Å²) >= 11 is 3.24. The number of hydrogen-bond donors (Lipinski definition) is 3. The molecule has 1 aliphatic heterocycles. The highest BCUT2D eigenvalue weighted by atomic mass is 79.9. The van der Waals surface area contributed by atoms with Crippen molar-refractivity contribution in [3.63, 3.8) is 0 Å². The van der Waals surface area contributed by atoms with Crippen molar-refractivity contribution in [2.75, 3.05) is 13.1 Å². The SMILES string of the molecule is O=C(NCCC1CCCN1)c1ccc(Br)cc1O. The highest BCUT2D eigenvalue weighted by Crippen LogP contribution is 2.22. The lowest BCUT2D eigenvalue weighted by molar-refractivity contribution is 0.0949. The van der Waals surface area contributed by atoms with Gasteiger partial charge in [0.1, 0.15) is 5.75 Å². The predicted octanol–water partition coefficient (Wildman–Crippen LogP) is 2.03. The average molecular weight is 313 g/mol. The van der Waals surface area contributed by atoms with E-state index in [0.29, 0.717) is 18.2 Å². The van der Waals surface area contributed by atoms with Crippen LogP contribution in [0.3, 0.4) is 0 Å². The zero-order valence-electron chi connectivity index (χ0n) is 10.1. The molecule has 1 aromatic carbocycles. The highest BCUT2D eigenvalue weighted by Gasteiger charge is 2.15. The van der Waals surface area contributed by atoms with E-state index >= 15 is 0 Å². The van der Waals surface area contributed by atoms with Gasteiger partial charge in [-0.3, -0.25) is 4.79 Å². The molecule has 0 radical (unpaired) electrons. The Morgan fingerprint density at radius 1 is 1.56 bits per heavy atom. The highest BCUT2D eigenvalue weighted by molar-refractivity contribution is 9.10. The van der Waals surface area contributed by atoms with Crippen molar-refractivity contribution in [2.45, 2.75) is 25.3 Å². The van der Waals surface area contributed by atoms with E-state index in [9.17, 15) is 9.90 Å². The zero-order valence-corrected chi connectivity index (χ0v) is 11.7. The third kappa shape index (κ3) is 3.46. The van der Waals surface area contributed by atoms with Crippen LogP contribution in [0.5, 0.6) is 5.75 Å². The lowest BCUT2D eigenvalue weighted by Gasteiger charge is -2.11. The zero-order chi connectivity index (χ0) is 13.0. The molecule has 1 fully saturated rings. The number of phenolic OH excluding ortho intramolecular Hbond substituents is 1. The van der Waals surface area contributed by atoms with Crippen LogP contribution in [0.25, 0.3) is 0 Å². The topological polar surface area (TPSA) is 61.4 Å². The third-order valence-electron chi connectivity index (χ3n) is 3.15. The van der Waals surface area contributed by atoms with Gasteiger partial charge < -0.3 is 15.7 Å². The summed E-state index contributed by atoms with van der Waals surface area (Å²) in [4.78, 5) is 11.8. The maximum atomic E-state index is 11.8. The minimum absolute atomic E-state index is 0.000802. The van der Waals surface area contributed by atoms with E-state index in [1.807, 2.05) is 0 Å². The Bertz CT molecular complexity index is 431. The van der Waals surface area contributed by atoms with Crippen molar-refractivity contribution in [3.8, 4) is 5.75 Å². The van der Waals surface area contributed by atoms with Gasteiger partial charge in [-0.25, -0.2) is 0 Å². The predicted molar refractivity (Wildman–Crippen MR) is 73.8 cm³/mol. The van der Waals surface area contributed by atoms with E-state index in [1.54, 1.807) is 12.1 Å². The second kappa shape index (κ2) is 6.20. The van der Waals surface area contributed by atoms with Crippen molar-refractivity contribution in [2.24, 2.45) is 0 Å². The van der Waals surface area contributed by atoms with Crippen LogP contribution in [0.1, 0.15) is 29.6 Å². The molecule has 1 amide bonds. The first-order valence-corrected chi connectivity index (χ1v) is 6.96. The van der Waals surface area contributed by atoms with E-state index in [1.165, 1.54) is 18.9 Å². The molecule has 3 N–H and O–H groups in total. The van der Waals surface area contributed by atoms with Crippen LogP contribution in [-0.4, -0.2) is 30.1 Å². The number of rotatable bonds is 4. The molecular weight excluding hydrogens is 296 g/mol. The minimum Gasteiger partial charge on any atom is -0.507 e. The molecule has 1 heterocycles. The van der Waals surface area contributed by atoms with E-state index in [-0.39, 0.29) is 11.7 Å². The summed E-state index contributed by atoms with van der Waals surface area (Å²) in [6.07, 6.45) is 3.33. The molecule has 4 nitrogen and oxygen atoms in total. The van der Waals surface area contributed by atoms with Gasteiger partial charge in [-0.2, -0.15) is 0 Å². The molecule has 1 aliphatic rings. The number of carbonyl (C=O) groups excluding carboxylic acids is 1. The third-order valence-corrected chi connectivity index (χ3v) is 3.64. The van der Waals surface area contributed by atoms with Crippen LogP contribution in [0, 0.1) is 0 Å².